The van der Waals surface area contributed by atoms with Gasteiger partial charge in [0.15, 0.2) is 0 Å². The third kappa shape index (κ3) is 5.51. The number of rotatable bonds is 8. The van der Waals surface area contributed by atoms with E-state index < -0.39 is 0 Å². The lowest BCUT2D eigenvalue weighted by atomic mass is 10.2. The molecule has 1 aromatic rings. The molecule has 0 aliphatic heterocycles. The highest BCUT2D eigenvalue weighted by atomic mass is 16.5. The second-order valence-electron chi connectivity index (χ2n) is 3.81. The molecular weight excluding hydrogens is 218 g/mol. The molecule has 0 unspecified atom stereocenters. The maximum atomic E-state index is 5.79. The molecule has 0 aliphatic carbocycles. The number of hydrogen-bond acceptors (Lipinski definition) is 5. The van der Waals surface area contributed by atoms with Gasteiger partial charge in [0.25, 0.3) is 0 Å². The van der Waals surface area contributed by atoms with E-state index >= 15 is 0 Å². The number of pyridine rings is 1. The van der Waals surface area contributed by atoms with Crippen molar-refractivity contribution in [2.45, 2.75) is 13.3 Å². The molecule has 0 aromatic carbocycles. The van der Waals surface area contributed by atoms with E-state index in [9.17, 15) is 0 Å². The molecule has 0 fully saturated rings. The monoisotopic (exact) mass is 239 g/mol. The van der Waals surface area contributed by atoms with Crippen LogP contribution in [0.4, 0.5) is 11.5 Å². The molecule has 5 nitrogen and oxygen atoms in total. The van der Waals surface area contributed by atoms with Crippen molar-refractivity contribution in [1.82, 2.24) is 4.98 Å². The van der Waals surface area contributed by atoms with Gasteiger partial charge in [0, 0.05) is 38.2 Å². The lowest BCUT2D eigenvalue weighted by Crippen LogP contribution is -2.09. The van der Waals surface area contributed by atoms with Crippen molar-refractivity contribution in [2.24, 2.45) is 0 Å². The third-order valence-corrected chi connectivity index (χ3v) is 2.35. The maximum Gasteiger partial charge on any atom is 0.127 e. The van der Waals surface area contributed by atoms with Crippen molar-refractivity contribution in [2.75, 3.05) is 44.5 Å². The Kier molecular flexibility index (Phi) is 6.35. The minimum absolute atomic E-state index is 0.642. The number of anilines is 2. The van der Waals surface area contributed by atoms with E-state index in [1.54, 1.807) is 13.3 Å². The number of methoxy groups -OCH3 is 1. The van der Waals surface area contributed by atoms with Crippen LogP contribution in [0.5, 0.6) is 0 Å². The number of ether oxygens (including phenoxy) is 2. The zero-order chi connectivity index (χ0) is 12.5. The Morgan fingerprint density at radius 1 is 1.35 bits per heavy atom. The summed E-state index contributed by atoms with van der Waals surface area (Å²) in [6.45, 7) is 4.77. The van der Waals surface area contributed by atoms with E-state index in [2.05, 4.69) is 10.3 Å². The van der Waals surface area contributed by atoms with Gasteiger partial charge in [-0.15, -0.1) is 0 Å². The number of aryl methyl sites for hydroxylation is 1. The Bertz CT molecular complexity index is 332. The summed E-state index contributed by atoms with van der Waals surface area (Å²) in [6.07, 6.45) is 2.70. The fourth-order valence-corrected chi connectivity index (χ4v) is 1.27. The Hall–Kier alpha value is -1.33. The zero-order valence-electron chi connectivity index (χ0n) is 10.5. The summed E-state index contributed by atoms with van der Waals surface area (Å²) >= 11 is 0. The van der Waals surface area contributed by atoms with Gasteiger partial charge in [-0.1, -0.05) is 0 Å². The van der Waals surface area contributed by atoms with Crippen LogP contribution in [0.15, 0.2) is 12.3 Å². The van der Waals surface area contributed by atoms with Crippen LogP contribution in [0, 0.1) is 6.92 Å². The molecule has 0 saturated carbocycles. The first-order valence-electron chi connectivity index (χ1n) is 5.76. The standard InChI is InChI=1S/C12H21N3O2/c1-10-9-15-12(8-11(10)13)14-4-3-5-17-7-6-16-2/h8-9H,3-7H2,1-2H3,(H3,13,14,15). The highest BCUT2D eigenvalue weighted by Crippen LogP contribution is 2.13. The van der Waals surface area contributed by atoms with Crippen LogP contribution in [-0.4, -0.2) is 38.5 Å². The highest BCUT2D eigenvalue weighted by Gasteiger charge is 1.97. The van der Waals surface area contributed by atoms with Crippen molar-refractivity contribution < 1.29 is 9.47 Å². The molecule has 3 N–H and O–H groups in total. The van der Waals surface area contributed by atoms with Crippen molar-refractivity contribution in [1.29, 1.82) is 0 Å². The second-order valence-corrected chi connectivity index (χ2v) is 3.81. The predicted octanol–water partition coefficient (Wildman–Crippen LogP) is 1.44. The summed E-state index contributed by atoms with van der Waals surface area (Å²) in [4.78, 5) is 4.23. The van der Waals surface area contributed by atoms with Gasteiger partial charge in [0.2, 0.25) is 0 Å². The Morgan fingerprint density at radius 2 is 2.18 bits per heavy atom. The molecule has 1 aromatic heterocycles. The summed E-state index contributed by atoms with van der Waals surface area (Å²) in [6, 6.07) is 1.85. The van der Waals surface area contributed by atoms with E-state index in [0.717, 1.165) is 36.6 Å². The molecule has 0 amide bonds. The Morgan fingerprint density at radius 3 is 2.88 bits per heavy atom. The zero-order valence-corrected chi connectivity index (χ0v) is 10.5. The van der Waals surface area contributed by atoms with Gasteiger partial charge >= 0.3 is 0 Å². The van der Waals surface area contributed by atoms with Crippen molar-refractivity contribution in [3.05, 3.63) is 17.8 Å². The summed E-state index contributed by atoms with van der Waals surface area (Å²) in [5, 5.41) is 3.20. The Balaban J connectivity index is 2.11. The number of aromatic nitrogens is 1. The summed E-state index contributed by atoms with van der Waals surface area (Å²) in [7, 11) is 1.67. The van der Waals surface area contributed by atoms with E-state index in [1.165, 1.54) is 0 Å². The fraction of sp³-hybridized carbons (Fsp3) is 0.583. The van der Waals surface area contributed by atoms with Crippen LogP contribution >= 0.6 is 0 Å². The smallest absolute Gasteiger partial charge is 0.127 e. The first-order valence-corrected chi connectivity index (χ1v) is 5.76. The van der Waals surface area contributed by atoms with E-state index in [0.29, 0.717) is 13.2 Å². The SMILES string of the molecule is COCCOCCCNc1cc(N)c(C)cn1. The van der Waals surface area contributed by atoms with Crippen molar-refractivity contribution in [3.63, 3.8) is 0 Å². The Labute approximate surface area is 102 Å². The summed E-state index contributed by atoms with van der Waals surface area (Å²) in [5.41, 5.74) is 7.55. The molecule has 17 heavy (non-hydrogen) atoms. The molecule has 1 rings (SSSR count). The number of hydrogen-bond donors (Lipinski definition) is 2. The molecule has 0 atom stereocenters. The van der Waals surface area contributed by atoms with Gasteiger partial charge in [-0.2, -0.15) is 0 Å². The molecule has 0 radical (unpaired) electrons. The van der Waals surface area contributed by atoms with E-state index in [4.69, 9.17) is 15.2 Å². The number of nitrogens with zero attached hydrogens (tertiary/aromatic N) is 1. The van der Waals surface area contributed by atoms with E-state index in [-0.39, 0.29) is 0 Å². The molecular formula is C12H21N3O2. The van der Waals surface area contributed by atoms with Crippen molar-refractivity contribution >= 4 is 11.5 Å². The van der Waals surface area contributed by atoms with Gasteiger partial charge in [-0.05, 0) is 18.9 Å². The summed E-state index contributed by atoms with van der Waals surface area (Å²) in [5.74, 6) is 0.810. The predicted molar refractivity (Wildman–Crippen MR) is 69.2 cm³/mol. The van der Waals surface area contributed by atoms with Crippen LogP contribution < -0.4 is 11.1 Å². The quantitative estimate of drug-likeness (QED) is 0.672. The van der Waals surface area contributed by atoms with Crippen LogP contribution in [0.3, 0.4) is 0 Å². The molecule has 0 aliphatic rings. The molecule has 0 spiro atoms. The van der Waals surface area contributed by atoms with Gasteiger partial charge in [0.05, 0.1) is 13.2 Å². The van der Waals surface area contributed by atoms with Gasteiger partial charge in [-0.25, -0.2) is 4.98 Å². The maximum absolute atomic E-state index is 5.79. The lowest BCUT2D eigenvalue weighted by Gasteiger charge is -2.07. The molecule has 5 heteroatoms. The van der Waals surface area contributed by atoms with Crippen LogP contribution in [-0.2, 0) is 9.47 Å². The lowest BCUT2D eigenvalue weighted by molar-refractivity contribution is 0.0705. The van der Waals surface area contributed by atoms with Crippen molar-refractivity contribution in [3.8, 4) is 0 Å². The van der Waals surface area contributed by atoms with Crippen LogP contribution in [0.1, 0.15) is 12.0 Å². The summed E-state index contributed by atoms with van der Waals surface area (Å²) < 4.78 is 10.2. The average molecular weight is 239 g/mol. The molecule has 96 valence electrons. The average Bonchev–Trinajstić information content (AvgIpc) is 2.32. The van der Waals surface area contributed by atoms with Gasteiger partial charge in [-0.3, -0.25) is 0 Å². The highest BCUT2D eigenvalue weighted by molar-refractivity contribution is 5.53. The first-order chi connectivity index (χ1) is 8.24. The molecule has 0 bridgehead atoms. The van der Waals surface area contributed by atoms with Gasteiger partial charge < -0.3 is 20.5 Å². The third-order valence-electron chi connectivity index (χ3n) is 2.35. The van der Waals surface area contributed by atoms with E-state index in [1.807, 2.05) is 13.0 Å². The molecule has 0 saturated heterocycles. The second kappa shape index (κ2) is 7.86. The first kappa shape index (κ1) is 13.7. The number of nitrogens with one attached hydrogen (secondary N) is 1. The number of nitrogen functional groups attached to an aromatic ring is 1. The minimum Gasteiger partial charge on any atom is -0.398 e. The topological polar surface area (TPSA) is 69.4 Å². The normalized spacial score (nSPS) is 10.5. The van der Waals surface area contributed by atoms with Crippen LogP contribution in [0.25, 0.3) is 0 Å². The molecule has 1 heterocycles. The minimum atomic E-state index is 0.642. The fourth-order valence-electron chi connectivity index (χ4n) is 1.27. The van der Waals surface area contributed by atoms with Gasteiger partial charge in [0.1, 0.15) is 5.82 Å². The van der Waals surface area contributed by atoms with Crippen LogP contribution in [0.2, 0.25) is 0 Å². The number of nitrogens with two attached hydrogens (primary N) is 1. The largest absolute Gasteiger partial charge is 0.398 e.